The molecule has 0 saturated carbocycles. The first-order valence-electron chi connectivity index (χ1n) is 5.01. The lowest BCUT2D eigenvalue weighted by Crippen LogP contribution is -1.94. The fourth-order valence-electron chi connectivity index (χ4n) is 1.28. The van der Waals surface area contributed by atoms with Gasteiger partial charge in [0.2, 0.25) is 0 Å². The van der Waals surface area contributed by atoms with E-state index in [4.69, 9.17) is 5.11 Å². The highest BCUT2D eigenvalue weighted by molar-refractivity contribution is 5.87. The molecule has 0 bridgehead atoms. The van der Waals surface area contributed by atoms with Crippen molar-refractivity contribution in [2.45, 2.75) is 0 Å². The molecule has 3 nitrogen and oxygen atoms in total. The summed E-state index contributed by atoms with van der Waals surface area (Å²) in [5.41, 5.74) is 1.87. The number of carboxylic acid groups (broad SMARTS) is 1. The second-order valence-electron chi connectivity index (χ2n) is 3.37. The lowest BCUT2D eigenvalue weighted by molar-refractivity contribution is 0.0697. The molecule has 1 heterocycles. The van der Waals surface area contributed by atoms with E-state index in [0.717, 1.165) is 11.1 Å². The molecule has 0 atom stereocenters. The van der Waals surface area contributed by atoms with E-state index in [-0.39, 0.29) is 5.56 Å². The average molecular weight is 223 g/mol. The van der Waals surface area contributed by atoms with Gasteiger partial charge in [0, 0.05) is 23.5 Å². The third-order valence-corrected chi connectivity index (χ3v) is 2.14. The van der Waals surface area contributed by atoms with Crippen LogP contribution >= 0.6 is 0 Å². The van der Waals surface area contributed by atoms with Crippen LogP contribution < -0.4 is 0 Å². The number of nitrogens with zero attached hydrogens (tertiary/aromatic N) is 1. The molecular formula is C14H9NO2. The molecule has 17 heavy (non-hydrogen) atoms. The number of rotatable bonds is 1. The molecule has 3 heteroatoms. The van der Waals surface area contributed by atoms with Crippen LogP contribution in [-0.4, -0.2) is 16.1 Å². The van der Waals surface area contributed by atoms with Crippen molar-refractivity contribution in [2.75, 3.05) is 0 Å². The average Bonchev–Trinajstić information content (AvgIpc) is 2.38. The molecule has 0 amide bonds. The topological polar surface area (TPSA) is 50.2 Å². The van der Waals surface area contributed by atoms with Crippen LogP contribution in [0.25, 0.3) is 0 Å². The maximum absolute atomic E-state index is 10.6. The predicted molar refractivity (Wildman–Crippen MR) is 63.6 cm³/mol. The minimum atomic E-state index is -0.934. The molecule has 82 valence electrons. The fraction of sp³-hybridized carbons (Fsp3) is 0. The van der Waals surface area contributed by atoms with Crippen LogP contribution in [0.15, 0.2) is 48.8 Å². The summed E-state index contributed by atoms with van der Waals surface area (Å²) in [6.07, 6.45) is 3.37. The Kier molecular flexibility index (Phi) is 3.18. The Hall–Kier alpha value is -2.60. The van der Waals surface area contributed by atoms with E-state index in [2.05, 4.69) is 16.8 Å². The summed E-state index contributed by atoms with van der Waals surface area (Å²) in [7, 11) is 0. The minimum Gasteiger partial charge on any atom is -0.478 e. The van der Waals surface area contributed by atoms with Crippen molar-refractivity contribution in [3.8, 4) is 11.8 Å². The van der Waals surface area contributed by atoms with Crippen molar-refractivity contribution in [1.29, 1.82) is 0 Å². The van der Waals surface area contributed by atoms with Gasteiger partial charge >= 0.3 is 5.97 Å². The first-order chi connectivity index (χ1) is 8.25. The van der Waals surface area contributed by atoms with E-state index in [1.54, 1.807) is 24.5 Å². The van der Waals surface area contributed by atoms with E-state index in [1.807, 2.05) is 12.1 Å². The largest absolute Gasteiger partial charge is 0.478 e. The third kappa shape index (κ3) is 2.93. The van der Waals surface area contributed by atoms with Gasteiger partial charge in [0.05, 0.1) is 5.56 Å². The van der Waals surface area contributed by atoms with Crippen molar-refractivity contribution in [3.63, 3.8) is 0 Å². The number of carboxylic acids is 1. The highest BCUT2D eigenvalue weighted by atomic mass is 16.4. The maximum atomic E-state index is 10.6. The predicted octanol–water partition coefficient (Wildman–Crippen LogP) is 2.18. The Morgan fingerprint density at radius 1 is 1.06 bits per heavy atom. The van der Waals surface area contributed by atoms with Gasteiger partial charge in [-0.2, -0.15) is 0 Å². The molecule has 1 aromatic heterocycles. The minimum absolute atomic E-state index is 0.261. The van der Waals surface area contributed by atoms with E-state index in [9.17, 15) is 4.79 Å². The molecule has 0 aliphatic rings. The smallest absolute Gasteiger partial charge is 0.335 e. The SMILES string of the molecule is O=C(O)c1ccc(C#Cc2cccnc2)cc1. The molecular weight excluding hydrogens is 214 g/mol. The van der Waals surface area contributed by atoms with Crippen LogP contribution in [0.3, 0.4) is 0 Å². The molecule has 0 saturated heterocycles. The van der Waals surface area contributed by atoms with E-state index >= 15 is 0 Å². The van der Waals surface area contributed by atoms with Crippen molar-refractivity contribution >= 4 is 5.97 Å². The van der Waals surface area contributed by atoms with E-state index in [0.29, 0.717) is 0 Å². The summed E-state index contributed by atoms with van der Waals surface area (Å²) in [5.74, 6) is 4.96. The molecule has 0 aliphatic carbocycles. The summed E-state index contributed by atoms with van der Waals surface area (Å²) >= 11 is 0. The van der Waals surface area contributed by atoms with Gasteiger partial charge in [-0.15, -0.1) is 0 Å². The Morgan fingerprint density at radius 3 is 2.35 bits per heavy atom. The normalized spacial score (nSPS) is 9.18. The highest BCUT2D eigenvalue weighted by Crippen LogP contribution is 2.03. The molecule has 0 fully saturated rings. The van der Waals surface area contributed by atoms with Crippen LogP contribution in [0.1, 0.15) is 21.5 Å². The summed E-state index contributed by atoms with van der Waals surface area (Å²) < 4.78 is 0. The Bertz CT molecular complexity index is 577. The summed E-state index contributed by atoms with van der Waals surface area (Å²) in [6, 6.07) is 10.1. The molecule has 1 aromatic carbocycles. The zero-order chi connectivity index (χ0) is 12.1. The first-order valence-corrected chi connectivity index (χ1v) is 5.01. The molecule has 2 aromatic rings. The third-order valence-electron chi connectivity index (χ3n) is 2.14. The van der Waals surface area contributed by atoms with Gasteiger partial charge < -0.3 is 5.11 Å². The van der Waals surface area contributed by atoms with Crippen molar-refractivity contribution in [1.82, 2.24) is 4.98 Å². The summed E-state index contributed by atoms with van der Waals surface area (Å²) in [5, 5.41) is 8.74. The van der Waals surface area contributed by atoms with Crippen molar-refractivity contribution in [2.24, 2.45) is 0 Å². The number of hydrogen-bond acceptors (Lipinski definition) is 2. The van der Waals surface area contributed by atoms with E-state index in [1.165, 1.54) is 12.1 Å². The number of carbonyl (C=O) groups is 1. The zero-order valence-corrected chi connectivity index (χ0v) is 8.92. The molecule has 0 radical (unpaired) electrons. The Morgan fingerprint density at radius 2 is 1.76 bits per heavy atom. The van der Waals surface area contributed by atoms with Crippen molar-refractivity contribution < 1.29 is 9.90 Å². The van der Waals surface area contributed by atoms with Gasteiger partial charge in [-0.1, -0.05) is 11.8 Å². The Labute approximate surface area is 98.8 Å². The Balaban J connectivity index is 2.20. The van der Waals surface area contributed by atoms with E-state index < -0.39 is 5.97 Å². The highest BCUT2D eigenvalue weighted by Gasteiger charge is 1.99. The number of aromatic carboxylic acids is 1. The van der Waals surface area contributed by atoms with Crippen LogP contribution in [0.5, 0.6) is 0 Å². The van der Waals surface area contributed by atoms with Gasteiger partial charge in [-0.3, -0.25) is 4.98 Å². The monoisotopic (exact) mass is 223 g/mol. The van der Waals surface area contributed by atoms with Crippen LogP contribution in [0.2, 0.25) is 0 Å². The number of aromatic nitrogens is 1. The fourth-order valence-corrected chi connectivity index (χ4v) is 1.28. The molecule has 0 unspecified atom stereocenters. The summed E-state index contributed by atoms with van der Waals surface area (Å²) in [6.45, 7) is 0. The van der Waals surface area contributed by atoms with Gasteiger partial charge in [0.25, 0.3) is 0 Å². The first kappa shape index (κ1) is 10.9. The lowest BCUT2D eigenvalue weighted by atomic mass is 10.1. The lowest BCUT2D eigenvalue weighted by Gasteiger charge is -1.93. The zero-order valence-electron chi connectivity index (χ0n) is 8.92. The van der Waals surface area contributed by atoms with Gasteiger partial charge in [-0.05, 0) is 36.4 Å². The number of pyridine rings is 1. The molecule has 0 spiro atoms. The second-order valence-corrected chi connectivity index (χ2v) is 3.37. The van der Waals surface area contributed by atoms with Gasteiger partial charge in [-0.25, -0.2) is 4.79 Å². The van der Waals surface area contributed by atoms with Crippen LogP contribution in [-0.2, 0) is 0 Å². The quantitative estimate of drug-likeness (QED) is 0.754. The number of benzene rings is 1. The molecule has 1 N–H and O–H groups in total. The summed E-state index contributed by atoms with van der Waals surface area (Å²) in [4.78, 5) is 14.6. The standard InChI is InChI=1S/C14H9NO2/c16-14(17)13-7-5-11(6-8-13)3-4-12-2-1-9-15-10-12/h1-2,5-10H,(H,16,17). The molecule has 2 rings (SSSR count). The second kappa shape index (κ2) is 4.95. The maximum Gasteiger partial charge on any atom is 0.335 e. The van der Waals surface area contributed by atoms with Gasteiger partial charge in [0.1, 0.15) is 0 Å². The van der Waals surface area contributed by atoms with Crippen LogP contribution in [0, 0.1) is 11.8 Å². The number of hydrogen-bond donors (Lipinski definition) is 1. The van der Waals surface area contributed by atoms with Crippen molar-refractivity contribution in [3.05, 3.63) is 65.5 Å². The molecule has 0 aliphatic heterocycles. The van der Waals surface area contributed by atoms with Gasteiger partial charge in [0.15, 0.2) is 0 Å². The van der Waals surface area contributed by atoms with Crippen LogP contribution in [0.4, 0.5) is 0 Å².